The normalized spacial score (nSPS) is 10.9. The van der Waals surface area contributed by atoms with Crippen molar-refractivity contribution in [3.63, 3.8) is 0 Å². The first kappa shape index (κ1) is 15.7. The van der Waals surface area contributed by atoms with Gasteiger partial charge >= 0.3 is 0 Å². The number of hydrogen-bond donors (Lipinski definition) is 1. The molecule has 0 aliphatic carbocycles. The van der Waals surface area contributed by atoms with Gasteiger partial charge in [-0.25, -0.2) is 4.98 Å². The van der Waals surface area contributed by atoms with E-state index in [0.717, 1.165) is 40.3 Å². The van der Waals surface area contributed by atoms with Crippen LogP contribution in [0.3, 0.4) is 0 Å². The molecule has 0 fully saturated rings. The van der Waals surface area contributed by atoms with Crippen LogP contribution in [0.25, 0.3) is 22.2 Å². The fraction of sp³-hybridized carbons (Fsp3) is 0.150. The van der Waals surface area contributed by atoms with E-state index in [1.807, 2.05) is 24.4 Å². The molecule has 0 amide bonds. The van der Waals surface area contributed by atoms with Gasteiger partial charge in [0.25, 0.3) is 0 Å². The van der Waals surface area contributed by atoms with Crippen LogP contribution in [0.4, 0.5) is 5.69 Å². The average Bonchev–Trinajstić information content (AvgIpc) is 3.03. The molecule has 0 radical (unpaired) electrons. The highest BCUT2D eigenvalue weighted by molar-refractivity contribution is 7.12. The van der Waals surface area contributed by atoms with Crippen molar-refractivity contribution in [1.82, 2.24) is 15.0 Å². The molecule has 0 aliphatic rings. The second-order valence-electron chi connectivity index (χ2n) is 5.81. The lowest BCUT2D eigenvalue weighted by Crippen LogP contribution is -2.05. The van der Waals surface area contributed by atoms with Gasteiger partial charge in [-0.05, 0) is 19.1 Å². The van der Waals surface area contributed by atoms with E-state index >= 15 is 0 Å². The van der Waals surface area contributed by atoms with Gasteiger partial charge in [0.05, 0.1) is 22.4 Å². The average molecular weight is 346 g/mol. The number of nitrogens with zero attached hydrogens (tertiary/aromatic N) is 3. The van der Waals surface area contributed by atoms with E-state index in [1.54, 1.807) is 23.7 Å². The second-order valence-corrected chi connectivity index (χ2v) is 7.09. The highest BCUT2D eigenvalue weighted by Gasteiger charge is 2.09. The number of fused-ring (bicyclic) bond motifs is 1. The van der Waals surface area contributed by atoms with Gasteiger partial charge in [0, 0.05) is 46.9 Å². The maximum absolute atomic E-state index is 4.83. The van der Waals surface area contributed by atoms with Gasteiger partial charge in [0.2, 0.25) is 0 Å². The number of benzene rings is 1. The zero-order chi connectivity index (χ0) is 17.1. The Kier molecular flexibility index (Phi) is 4.39. The number of pyridine rings is 2. The molecule has 0 atom stereocenters. The number of rotatable bonds is 5. The first-order valence-corrected chi connectivity index (χ1v) is 9.07. The molecule has 4 aromatic rings. The van der Waals surface area contributed by atoms with Crippen molar-refractivity contribution in [3.05, 3.63) is 70.9 Å². The van der Waals surface area contributed by atoms with Crippen LogP contribution in [-0.4, -0.2) is 21.5 Å². The minimum atomic E-state index is 0.836. The third-order valence-electron chi connectivity index (χ3n) is 4.09. The van der Waals surface area contributed by atoms with E-state index in [9.17, 15) is 0 Å². The van der Waals surface area contributed by atoms with Crippen molar-refractivity contribution in [2.24, 2.45) is 0 Å². The maximum Gasteiger partial charge on any atom is 0.0952 e. The van der Waals surface area contributed by atoms with E-state index in [4.69, 9.17) is 4.98 Å². The van der Waals surface area contributed by atoms with Crippen molar-refractivity contribution < 1.29 is 0 Å². The fourth-order valence-electron chi connectivity index (χ4n) is 2.88. The molecule has 25 heavy (non-hydrogen) atoms. The monoisotopic (exact) mass is 346 g/mol. The van der Waals surface area contributed by atoms with Crippen LogP contribution in [0.2, 0.25) is 0 Å². The summed E-state index contributed by atoms with van der Waals surface area (Å²) in [6, 6.07) is 14.4. The largest absolute Gasteiger partial charge is 0.384 e. The van der Waals surface area contributed by atoms with E-state index in [0.29, 0.717) is 0 Å². The number of nitrogens with one attached hydrogen (secondary N) is 1. The summed E-state index contributed by atoms with van der Waals surface area (Å²) in [7, 11) is 0. The molecule has 0 unspecified atom stereocenters. The van der Waals surface area contributed by atoms with E-state index in [2.05, 4.69) is 46.5 Å². The molecular weight excluding hydrogens is 328 g/mol. The van der Waals surface area contributed by atoms with Gasteiger partial charge in [0.15, 0.2) is 0 Å². The van der Waals surface area contributed by atoms with Crippen molar-refractivity contribution in [1.29, 1.82) is 0 Å². The van der Waals surface area contributed by atoms with Crippen molar-refractivity contribution >= 4 is 27.9 Å². The molecule has 124 valence electrons. The second kappa shape index (κ2) is 6.99. The number of hydrogen-bond acceptors (Lipinski definition) is 5. The van der Waals surface area contributed by atoms with Gasteiger partial charge in [-0.2, -0.15) is 0 Å². The third kappa shape index (κ3) is 3.37. The van der Waals surface area contributed by atoms with Crippen LogP contribution in [0.5, 0.6) is 0 Å². The molecular formula is C20H18N4S. The summed E-state index contributed by atoms with van der Waals surface area (Å²) >= 11 is 1.77. The van der Waals surface area contributed by atoms with Gasteiger partial charge in [-0.3, -0.25) is 9.97 Å². The Balaban J connectivity index is 1.47. The molecule has 0 saturated heterocycles. The summed E-state index contributed by atoms with van der Waals surface area (Å²) in [4.78, 5) is 14.6. The lowest BCUT2D eigenvalue weighted by atomic mass is 10.1. The smallest absolute Gasteiger partial charge is 0.0952 e. The summed E-state index contributed by atoms with van der Waals surface area (Å²) in [5.41, 5.74) is 4.28. The molecule has 3 heterocycles. The summed E-state index contributed by atoms with van der Waals surface area (Å²) in [6.07, 6.45) is 6.29. The summed E-state index contributed by atoms with van der Waals surface area (Å²) in [6.45, 7) is 2.98. The number of thiazole rings is 1. The third-order valence-corrected chi connectivity index (χ3v) is 5.12. The SMILES string of the molecule is Cc1sc(CCNc2ccnc3cnccc23)nc1-c1ccccc1. The number of anilines is 1. The molecule has 5 heteroatoms. The van der Waals surface area contributed by atoms with Crippen molar-refractivity contribution in [2.75, 3.05) is 11.9 Å². The van der Waals surface area contributed by atoms with Crippen LogP contribution in [0, 0.1) is 6.92 Å². The summed E-state index contributed by atoms with van der Waals surface area (Å²) in [5, 5.41) is 5.76. The van der Waals surface area contributed by atoms with Crippen molar-refractivity contribution in [2.45, 2.75) is 13.3 Å². The number of aryl methyl sites for hydroxylation is 1. The molecule has 1 N–H and O–H groups in total. The summed E-state index contributed by atoms with van der Waals surface area (Å²) in [5.74, 6) is 0. The zero-order valence-corrected chi connectivity index (χ0v) is 14.8. The first-order valence-electron chi connectivity index (χ1n) is 8.25. The van der Waals surface area contributed by atoms with Gasteiger partial charge in [0.1, 0.15) is 0 Å². The van der Waals surface area contributed by atoms with E-state index in [-0.39, 0.29) is 0 Å². The van der Waals surface area contributed by atoms with Crippen LogP contribution in [0.15, 0.2) is 61.1 Å². The highest BCUT2D eigenvalue weighted by atomic mass is 32.1. The first-order chi connectivity index (χ1) is 12.3. The zero-order valence-electron chi connectivity index (χ0n) is 13.9. The van der Waals surface area contributed by atoms with Crippen LogP contribution < -0.4 is 5.32 Å². The predicted octanol–water partition coefficient (Wildman–Crippen LogP) is 4.72. The van der Waals surface area contributed by atoms with Gasteiger partial charge in [-0.15, -0.1) is 11.3 Å². The molecule has 4 rings (SSSR count). The summed E-state index contributed by atoms with van der Waals surface area (Å²) < 4.78 is 0. The standard InChI is InChI=1S/C20H18N4S/c1-14-20(15-5-3-2-4-6-15)24-19(25-14)9-12-22-17-8-11-23-18-13-21-10-7-16(17)18/h2-8,10-11,13H,9,12H2,1H3,(H,22,23). The highest BCUT2D eigenvalue weighted by Crippen LogP contribution is 2.27. The Labute approximate surface area is 150 Å². The minimum Gasteiger partial charge on any atom is -0.384 e. The van der Waals surface area contributed by atoms with Gasteiger partial charge < -0.3 is 5.32 Å². The Morgan fingerprint density at radius 1 is 1.04 bits per heavy atom. The lowest BCUT2D eigenvalue weighted by Gasteiger charge is -2.08. The Bertz CT molecular complexity index is 990. The van der Waals surface area contributed by atoms with E-state index < -0.39 is 0 Å². The van der Waals surface area contributed by atoms with E-state index in [1.165, 1.54) is 10.4 Å². The molecule has 0 bridgehead atoms. The Hall–Kier alpha value is -2.79. The lowest BCUT2D eigenvalue weighted by molar-refractivity contribution is 1.00. The topological polar surface area (TPSA) is 50.7 Å². The minimum absolute atomic E-state index is 0.836. The Morgan fingerprint density at radius 2 is 1.92 bits per heavy atom. The quantitative estimate of drug-likeness (QED) is 0.568. The number of aromatic nitrogens is 3. The van der Waals surface area contributed by atoms with Crippen LogP contribution >= 0.6 is 11.3 Å². The Morgan fingerprint density at radius 3 is 2.80 bits per heavy atom. The molecule has 3 aromatic heterocycles. The molecule has 0 spiro atoms. The van der Waals surface area contributed by atoms with Crippen LogP contribution in [-0.2, 0) is 6.42 Å². The maximum atomic E-state index is 4.83. The van der Waals surface area contributed by atoms with Crippen LogP contribution in [0.1, 0.15) is 9.88 Å². The van der Waals surface area contributed by atoms with Crippen molar-refractivity contribution in [3.8, 4) is 11.3 Å². The molecule has 4 nitrogen and oxygen atoms in total. The predicted molar refractivity (Wildman–Crippen MR) is 104 cm³/mol. The molecule has 1 aromatic carbocycles. The molecule has 0 saturated carbocycles. The van der Waals surface area contributed by atoms with Gasteiger partial charge in [-0.1, -0.05) is 30.3 Å². The fourth-order valence-corrected chi connectivity index (χ4v) is 3.83. The molecule has 0 aliphatic heterocycles.